The molecular formula is C21H35NO3. The summed E-state index contributed by atoms with van der Waals surface area (Å²) in [7, 11) is 3.21. The van der Waals surface area contributed by atoms with E-state index in [-0.39, 0.29) is 5.91 Å². The van der Waals surface area contributed by atoms with Crippen LogP contribution in [0.15, 0.2) is 18.2 Å². The predicted molar refractivity (Wildman–Crippen MR) is 104 cm³/mol. The number of methoxy groups -OCH3 is 2. The van der Waals surface area contributed by atoms with Crippen LogP contribution < -0.4 is 9.47 Å². The minimum absolute atomic E-state index is 0.0625. The van der Waals surface area contributed by atoms with Crippen LogP contribution in [0, 0.1) is 0 Å². The Bertz CT molecular complexity index is 490. The number of ether oxygens (including phenoxy) is 2. The van der Waals surface area contributed by atoms with Crippen molar-refractivity contribution >= 4 is 5.91 Å². The van der Waals surface area contributed by atoms with Gasteiger partial charge in [0.05, 0.1) is 19.8 Å². The number of carbonyl (C=O) groups is 1. The van der Waals surface area contributed by atoms with E-state index in [0.717, 1.165) is 25.9 Å². The molecule has 4 heteroatoms. The van der Waals surface area contributed by atoms with E-state index in [1.807, 2.05) is 17.0 Å². The van der Waals surface area contributed by atoms with Crippen LogP contribution in [0.2, 0.25) is 0 Å². The molecule has 1 aromatic carbocycles. The smallest absolute Gasteiger partial charge is 0.257 e. The highest BCUT2D eigenvalue weighted by Gasteiger charge is 2.19. The molecule has 4 nitrogen and oxygen atoms in total. The van der Waals surface area contributed by atoms with Gasteiger partial charge in [-0.3, -0.25) is 4.79 Å². The van der Waals surface area contributed by atoms with Crippen LogP contribution in [0.3, 0.4) is 0 Å². The Balaban J connectivity index is 2.81. The molecule has 0 spiro atoms. The monoisotopic (exact) mass is 349 g/mol. The molecule has 0 aliphatic carbocycles. The molecular weight excluding hydrogens is 314 g/mol. The minimum Gasteiger partial charge on any atom is -0.497 e. The Morgan fingerprint density at radius 1 is 0.880 bits per heavy atom. The molecule has 25 heavy (non-hydrogen) atoms. The SMILES string of the molecule is CCCCCCN(CCCCCC)C(=O)c1ccc(OC)cc1OC. The molecule has 0 atom stereocenters. The average Bonchev–Trinajstić information content (AvgIpc) is 2.65. The number of hydrogen-bond donors (Lipinski definition) is 0. The van der Waals surface area contributed by atoms with Crippen molar-refractivity contribution in [1.82, 2.24) is 4.90 Å². The number of unbranched alkanes of at least 4 members (excludes halogenated alkanes) is 6. The van der Waals surface area contributed by atoms with E-state index in [9.17, 15) is 4.79 Å². The summed E-state index contributed by atoms with van der Waals surface area (Å²) in [5.41, 5.74) is 0.620. The summed E-state index contributed by atoms with van der Waals surface area (Å²) < 4.78 is 10.6. The molecule has 0 aliphatic rings. The Labute approximate surface area is 153 Å². The third kappa shape index (κ3) is 7.37. The van der Waals surface area contributed by atoms with Gasteiger partial charge >= 0.3 is 0 Å². The first-order valence-electron chi connectivity index (χ1n) is 9.69. The Morgan fingerprint density at radius 3 is 1.96 bits per heavy atom. The maximum Gasteiger partial charge on any atom is 0.257 e. The van der Waals surface area contributed by atoms with Crippen molar-refractivity contribution in [3.05, 3.63) is 23.8 Å². The highest BCUT2D eigenvalue weighted by Crippen LogP contribution is 2.26. The molecule has 0 bridgehead atoms. The lowest BCUT2D eigenvalue weighted by atomic mass is 10.1. The molecule has 0 saturated heterocycles. The van der Waals surface area contributed by atoms with E-state index in [2.05, 4.69) is 13.8 Å². The zero-order valence-corrected chi connectivity index (χ0v) is 16.5. The fraction of sp³-hybridized carbons (Fsp3) is 0.667. The summed E-state index contributed by atoms with van der Waals surface area (Å²) in [4.78, 5) is 15.1. The summed E-state index contributed by atoms with van der Waals surface area (Å²) in [6.45, 7) is 6.05. The van der Waals surface area contributed by atoms with Crippen LogP contribution in [-0.2, 0) is 0 Å². The van der Waals surface area contributed by atoms with Gasteiger partial charge in [-0.1, -0.05) is 52.4 Å². The molecule has 1 amide bonds. The summed E-state index contributed by atoms with van der Waals surface area (Å²) in [5, 5.41) is 0. The molecule has 0 N–H and O–H groups in total. The van der Waals surface area contributed by atoms with Gasteiger partial charge in [0.25, 0.3) is 5.91 Å². The van der Waals surface area contributed by atoms with Gasteiger partial charge in [0.15, 0.2) is 0 Å². The quantitative estimate of drug-likeness (QED) is 0.453. The third-order valence-electron chi connectivity index (χ3n) is 4.49. The van der Waals surface area contributed by atoms with Crippen LogP contribution >= 0.6 is 0 Å². The lowest BCUT2D eigenvalue weighted by molar-refractivity contribution is 0.0746. The van der Waals surface area contributed by atoms with E-state index >= 15 is 0 Å². The second kappa shape index (κ2) is 12.6. The summed E-state index contributed by atoms with van der Waals surface area (Å²) in [6.07, 6.45) is 9.34. The average molecular weight is 350 g/mol. The molecule has 1 rings (SSSR count). The van der Waals surface area contributed by atoms with Gasteiger partial charge in [0, 0.05) is 19.2 Å². The van der Waals surface area contributed by atoms with Gasteiger partial charge in [-0.05, 0) is 25.0 Å². The highest BCUT2D eigenvalue weighted by atomic mass is 16.5. The lowest BCUT2D eigenvalue weighted by Gasteiger charge is -2.24. The van der Waals surface area contributed by atoms with Crippen LogP contribution in [0.4, 0.5) is 0 Å². The van der Waals surface area contributed by atoms with Gasteiger partial charge in [0.2, 0.25) is 0 Å². The van der Waals surface area contributed by atoms with Crippen LogP contribution in [0.5, 0.6) is 11.5 Å². The van der Waals surface area contributed by atoms with Crippen molar-refractivity contribution in [2.24, 2.45) is 0 Å². The molecule has 0 saturated carbocycles. The second-order valence-electron chi connectivity index (χ2n) is 6.48. The summed E-state index contributed by atoms with van der Waals surface area (Å²) >= 11 is 0. The van der Waals surface area contributed by atoms with E-state index in [0.29, 0.717) is 17.1 Å². The molecule has 0 aliphatic heterocycles. The van der Waals surface area contributed by atoms with Gasteiger partial charge in [0.1, 0.15) is 11.5 Å². The first kappa shape index (κ1) is 21.3. The first-order valence-corrected chi connectivity index (χ1v) is 9.69. The van der Waals surface area contributed by atoms with Crippen LogP contribution in [0.1, 0.15) is 75.6 Å². The van der Waals surface area contributed by atoms with Crippen LogP contribution in [-0.4, -0.2) is 38.1 Å². The highest BCUT2D eigenvalue weighted by molar-refractivity contribution is 5.97. The summed E-state index contributed by atoms with van der Waals surface area (Å²) in [5.74, 6) is 1.34. The lowest BCUT2D eigenvalue weighted by Crippen LogP contribution is -2.33. The van der Waals surface area contributed by atoms with Crippen molar-refractivity contribution in [1.29, 1.82) is 0 Å². The van der Waals surface area contributed by atoms with Crippen molar-refractivity contribution in [2.45, 2.75) is 65.2 Å². The van der Waals surface area contributed by atoms with E-state index < -0.39 is 0 Å². The van der Waals surface area contributed by atoms with Gasteiger partial charge in [-0.15, -0.1) is 0 Å². The number of nitrogens with zero attached hydrogens (tertiary/aromatic N) is 1. The Hall–Kier alpha value is -1.71. The number of carbonyl (C=O) groups excluding carboxylic acids is 1. The maximum absolute atomic E-state index is 13.1. The van der Waals surface area contributed by atoms with Crippen molar-refractivity contribution in [2.75, 3.05) is 27.3 Å². The largest absolute Gasteiger partial charge is 0.497 e. The van der Waals surface area contributed by atoms with Crippen molar-refractivity contribution in [3.8, 4) is 11.5 Å². The molecule has 0 aromatic heterocycles. The third-order valence-corrected chi connectivity index (χ3v) is 4.49. The number of amides is 1. The molecule has 0 heterocycles. The van der Waals surface area contributed by atoms with Crippen LogP contribution in [0.25, 0.3) is 0 Å². The second-order valence-corrected chi connectivity index (χ2v) is 6.48. The molecule has 0 unspecified atom stereocenters. The Kier molecular flexibility index (Phi) is 10.8. The Morgan fingerprint density at radius 2 is 1.48 bits per heavy atom. The molecule has 142 valence electrons. The fourth-order valence-electron chi connectivity index (χ4n) is 2.92. The van der Waals surface area contributed by atoms with Gasteiger partial charge in [-0.2, -0.15) is 0 Å². The van der Waals surface area contributed by atoms with E-state index in [1.54, 1.807) is 20.3 Å². The van der Waals surface area contributed by atoms with Gasteiger partial charge < -0.3 is 14.4 Å². The normalized spacial score (nSPS) is 10.6. The fourth-order valence-corrected chi connectivity index (χ4v) is 2.92. The molecule has 1 aromatic rings. The number of hydrogen-bond acceptors (Lipinski definition) is 3. The standard InChI is InChI=1S/C21H35NO3/c1-5-7-9-11-15-22(16-12-10-8-6-2)21(23)19-14-13-18(24-3)17-20(19)25-4/h13-14,17H,5-12,15-16H2,1-4H3. The maximum atomic E-state index is 13.1. The van der Waals surface area contributed by atoms with Crippen molar-refractivity contribution < 1.29 is 14.3 Å². The zero-order chi connectivity index (χ0) is 18.5. The van der Waals surface area contributed by atoms with E-state index in [4.69, 9.17) is 9.47 Å². The molecule has 0 radical (unpaired) electrons. The predicted octanol–water partition coefficient (Wildman–Crippen LogP) is 5.31. The number of rotatable bonds is 13. The van der Waals surface area contributed by atoms with Gasteiger partial charge in [-0.25, -0.2) is 0 Å². The number of benzene rings is 1. The zero-order valence-electron chi connectivity index (χ0n) is 16.5. The first-order chi connectivity index (χ1) is 12.2. The minimum atomic E-state index is 0.0625. The topological polar surface area (TPSA) is 38.8 Å². The van der Waals surface area contributed by atoms with E-state index in [1.165, 1.54) is 38.5 Å². The van der Waals surface area contributed by atoms with Crippen molar-refractivity contribution in [3.63, 3.8) is 0 Å². The summed E-state index contributed by atoms with van der Waals surface area (Å²) in [6, 6.07) is 5.41. The molecule has 0 fully saturated rings.